The van der Waals surface area contributed by atoms with Crippen LogP contribution in [0.2, 0.25) is 0 Å². The van der Waals surface area contributed by atoms with Crippen LogP contribution in [0.5, 0.6) is 11.5 Å². The first-order valence-corrected chi connectivity index (χ1v) is 12.6. The van der Waals surface area contributed by atoms with E-state index in [9.17, 15) is 9.90 Å². The van der Waals surface area contributed by atoms with Gasteiger partial charge in [-0.05, 0) is 74.7 Å². The Hall–Kier alpha value is -3.14. The number of ether oxygens (including phenoxy) is 3. The number of aliphatic hydroxyl groups is 1. The fourth-order valence-corrected chi connectivity index (χ4v) is 4.75. The monoisotopic (exact) mass is 494 g/mol. The first-order valence-electron chi connectivity index (χ1n) is 12.6. The lowest BCUT2D eigenvalue weighted by Crippen LogP contribution is -2.60. The van der Waals surface area contributed by atoms with Crippen molar-refractivity contribution < 1.29 is 24.1 Å². The first-order chi connectivity index (χ1) is 17.4. The molecule has 3 unspecified atom stereocenters. The Balaban J connectivity index is 1.19. The second kappa shape index (κ2) is 10.5. The molecule has 0 aromatic heterocycles. The molecule has 0 spiro atoms. The van der Waals surface area contributed by atoms with Crippen LogP contribution < -0.4 is 9.47 Å². The van der Waals surface area contributed by atoms with Gasteiger partial charge in [-0.3, -0.25) is 9.69 Å². The third kappa shape index (κ3) is 5.48. The molecule has 0 bridgehead atoms. The number of methoxy groups -OCH3 is 1. The van der Waals surface area contributed by atoms with E-state index >= 15 is 0 Å². The van der Waals surface area contributed by atoms with Crippen molar-refractivity contribution in [2.24, 2.45) is 5.10 Å². The van der Waals surface area contributed by atoms with Gasteiger partial charge in [-0.1, -0.05) is 12.1 Å². The van der Waals surface area contributed by atoms with Crippen molar-refractivity contribution in [3.8, 4) is 11.5 Å². The Labute approximate surface area is 211 Å². The smallest absolute Gasteiger partial charge is 0.260 e. The Bertz CT molecular complexity index is 1070. The summed E-state index contributed by atoms with van der Waals surface area (Å²) in [6.07, 6.45) is 3.18. The summed E-state index contributed by atoms with van der Waals surface area (Å²) in [6, 6.07) is 15.5. The van der Waals surface area contributed by atoms with Crippen molar-refractivity contribution in [2.75, 3.05) is 26.7 Å². The maximum Gasteiger partial charge on any atom is 0.260 e. The zero-order chi connectivity index (χ0) is 25.1. The number of carbonyl (C=O) groups is 1. The molecule has 9 heteroatoms. The summed E-state index contributed by atoms with van der Waals surface area (Å²) in [5.41, 5.74) is 1.44. The highest BCUT2D eigenvalue weighted by Gasteiger charge is 2.42. The van der Waals surface area contributed by atoms with E-state index in [2.05, 4.69) is 22.1 Å². The highest BCUT2D eigenvalue weighted by molar-refractivity contribution is 5.95. The van der Waals surface area contributed by atoms with Gasteiger partial charge in [-0.2, -0.15) is 10.1 Å². The second-order valence-corrected chi connectivity index (χ2v) is 9.89. The van der Waals surface area contributed by atoms with Gasteiger partial charge in [0.1, 0.15) is 11.5 Å². The Morgan fingerprint density at radius 2 is 1.83 bits per heavy atom. The quantitative estimate of drug-likeness (QED) is 0.561. The summed E-state index contributed by atoms with van der Waals surface area (Å²) in [6.45, 7) is 5.41. The summed E-state index contributed by atoms with van der Waals surface area (Å²) in [5.74, 6) is 1.90. The Morgan fingerprint density at radius 1 is 1.08 bits per heavy atom. The molecular formula is C27H34N4O5. The normalized spacial score (nSPS) is 27.0. The summed E-state index contributed by atoms with van der Waals surface area (Å²) in [7, 11) is 1.61. The summed E-state index contributed by atoms with van der Waals surface area (Å²) >= 11 is 0. The Morgan fingerprint density at radius 3 is 2.50 bits per heavy atom. The van der Waals surface area contributed by atoms with E-state index in [4.69, 9.17) is 14.2 Å². The van der Waals surface area contributed by atoms with Crippen molar-refractivity contribution in [1.29, 1.82) is 0 Å². The average Bonchev–Trinajstić information content (AvgIpc) is 3.21. The second-order valence-electron chi connectivity index (χ2n) is 9.89. The molecule has 3 heterocycles. The molecule has 1 N–H and O–H groups in total. The number of hydrazone groups is 1. The molecule has 9 nitrogen and oxygen atoms in total. The number of nitrogens with zero attached hydrogens (tertiary/aromatic N) is 4. The van der Waals surface area contributed by atoms with Crippen molar-refractivity contribution in [2.45, 2.75) is 57.2 Å². The molecule has 36 heavy (non-hydrogen) atoms. The van der Waals surface area contributed by atoms with Crippen LogP contribution in [0.15, 0.2) is 53.6 Å². The molecular weight excluding hydrogens is 460 g/mol. The molecule has 2 aromatic rings. The Kier molecular flexibility index (Phi) is 7.13. The van der Waals surface area contributed by atoms with E-state index in [0.717, 1.165) is 68.7 Å². The third-order valence-corrected chi connectivity index (χ3v) is 7.07. The molecule has 5 rings (SSSR count). The topological polar surface area (TPSA) is 87.1 Å². The third-order valence-electron chi connectivity index (χ3n) is 7.07. The van der Waals surface area contributed by atoms with E-state index < -0.39 is 11.8 Å². The zero-order valence-electron chi connectivity index (χ0n) is 20.9. The lowest BCUT2D eigenvalue weighted by molar-refractivity contribution is -0.218. The zero-order valence-corrected chi connectivity index (χ0v) is 20.9. The summed E-state index contributed by atoms with van der Waals surface area (Å²) in [5, 5.41) is 18.4. The fraction of sp³-hybridized carbons (Fsp3) is 0.481. The van der Waals surface area contributed by atoms with Crippen molar-refractivity contribution in [1.82, 2.24) is 15.0 Å². The number of carbonyl (C=O) groups excluding carboxylic acids is 1. The van der Waals surface area contributed by atoms with Gasteiger partial charge in [0.15, 0.2) is 12.5 Å². The lowest BCUT2D eigenvalue weighted by Gasteiger charge is -2.44. The van der Waals surface area contributed by atoms with Crippen molar-refractivity contribution in [3.05, 3.63) is 59.7 Å². The molecule has 3 aliphatic heterocycles. The van der Waals surface area contributed by atoms with Crippen LogP contribution >= 0.6 is 0 Å². The first kappa shape index (κ1) is 24.5. The maximum atomic E-state index is 11.7. The molecule has 2 saturated heterocycles. The van der Waals surface area contributed by atoms with Gasteiger partial charge >= 0.3 is 0 Å². The van der Waals surface area contributed by atoms with Gasteiger partial charge < -0.3 is 19.3 Å². The number of aldehydes is 1. The van der Waals surface area contributed by atoms with Crippen LogP contribution in [-0.2, 0) is 16.1 Å². The number of benzene rings is 2. The number of hydrogen-bond donors (Lipinski definition) is 1. The number of likely N-dealkylation sites (tertiary alicyclic amines) is 1. The molecule has 2 aromatic carbocycles. The fourth-order valence-electron chi connectivity index (χ4n) is 4.75. The highest BCUT2D eigenvalue weighted by Crippen LogP contribution is 2.30. The molecule has 0 radical (unpaired) electrons. The summed E-state index contributed by atoms with van der Waals surface area (Å²) in [4.78, 5) is 14.1. The molecule has 0 aliphatic carbocycles. The van der Waals surface area contributed by atoms with Crippen LogP contribution in [-0.4, -0.2) is 77.1 Å². The summed E-state index contributed by atoms with van der Waals surface area (Å²) < 4.78 is 17.2. The van der Waals surface area contributed by atoms with Gasteiger partial charge in [0, 0.05) is 31.6 Å². The van der Waals surface area contributed by atoms with Crippen LogP contribution in [0.25, 0.3) is 0 Å². The van der Waals surface area contributed by atoms with Crippen LogP contribution in [0.1, 0.15) is 43.7 Å². The van der Waals surface area contributed by atoms with Gasteiger partial charge in [0.25, 0.3) is 6.23 Å². The predicted octanol–water partition coefficient (Wildman–Crippen LogP) is 2.98. The van der Waals surface area contributed by atoms with Gasteiger partial charge in [0.05, 0.1) is 12.7 Å². The average molecular weight is 495 g/mol. The van der Waals surface area contributed by atoms with E-state index in [1.165, 1.54) is 5.56 Å². The van der Waals surface area contributed by atoms with Gasteiger partial charge in [-0.15, -0.1) is 5.10 Å². The molecule has 2 fully saturated rings. The van der Waals surface area contributed by atoms with E-state index in [-0.39, 0.29) is 6.23 Å². The minimum Gasteiger partial charge on any atom is -0.497 e. The van der Waals surface area contributed by atoms with E-state index in [1.54, 1.807) is 12.2 Å². The van der Waals surface area contributed by atoms with Crippen LogP contribution in [0.4, 0.5) is 0 Å². The van der Waals surface area contributed by atoms with Crippen LogP contribution in [0, 0.1) is 0 Å². The number of hydrazine groups is 1. The molecule has 3 aliphatic rings. The highest BCUT2D eigenvalue weighted by atomic mass is 16.6. The van der Waals surface area contributed by atoms with Crippen molar-refractivity contribution >= 4 is 12.2 Å². The minimum atomic E-state index is -0.828. The van der Waals surface area contributed by atoms with Crippen LogP contribution in [0.3, 0.4) is 0 Å². The molecule has 0 saturated carbocycles. The lowest BCUT2D eigenvalue weighted by atomic mass is 9.98. The maximum absolute atomic E-state index is 11.7. The molecule has 3 atom stereocenters. The number of rotatable bonds is 8. The predicted molar refractivity (Wildman–Crippen MR) is 134 cm³/mol. The number of hydrogen-bond acceptors (Lipinski definition) is 9. The standard InChI is InChI=1S/C27H34N4O5/c1-27(33)13-3-15-29(17-14-27)18-20-4-8-23(9-5-20)35-24-12-16-30(24)31-25(19-32)36-26(28-31)21-6-10-22(34-2)11-7-21/h4-11,19,24-25,33H,3,12-18H2,1-2H3. The van der Waals surface area contributed by atoms with E-state index in [1.807, 2.05) is 48.3 Å². The molecule has 0 amide bonds. The van der Waals surface area contributed by atoms with Crippen molar-refractivity contribution in [3.63, 3.8) is 0 Å². The van der Waals surface area contributed by atoms with Gasteiger partial charge in [0.2, 0.25) is 5.90 Å². The SMILES string of the molecule is COc1ccc(C2=NN(N3CCC3Oc3ccc(CN4CCCC(C)(O)CC4)cc3)C(C=O)O2)cc1. The minimum absolute atomic E-state index is 0.228. The largest absolute Gasteiger partial charge is 0.497 e. The van der Waals surface area contributed by atoms with Gasteiger partial charge in [-0.25, -0.2) is 0 Å². The molecule has 192 valence electrons. The van der Waals surface area contributed by atoms with E-state index in [0.29, 0.717) is 12.4 Å².